The number of anilines is 2. The smallest absolute Gasteiger partial charge is 0.256 e. The minimum atomic E-state index is -0.416. The van der Waals surface area contributed by atoms with Crippen molar-refractivity contribution in [1.29, 1.82) is 0 Å². The standard InChI is InChI=1S/C27H21FN2O2S/c1-17-9-14-23(28)24(15-17)30-25(31)16-33-27(30)19-10-12-20(13-11-19)29-26(32)22-8-4-6-18-5-2-3-7-21(18)22/h2-15,27H,16H2,1H3,(H,29,32). The molecule has 0 radical (unpaired) electrons. The lowest BCUT2D eigenvalue weighted by molar-refractivity contribution is -0.115. The molecule has 0 bridgehead atoms. The molecule has 0 aromatic heterocycles. The molecule has 4 nitrogen and oxygen atoms in total. The molecule has 2 amide bonds. The van der Waals surface area contributed by atoms with Crippen LogP contribution < -0.4 is 10.2 Å². The number of hydrogen-bond acceptors (Lipinski definition) is 3. The second-order valence-corrected chi connectivity index (χ2v) is 9.05. The van der Waals surface area contributed by atoms with Crippen LogP contribution in [0.15, 0.2) is 84.9 Å². The van der Waals surface area contributed by atoms with Crippen LogP contribution in [0.1, 0.15) is 26.9 Å². The molecule has 1 heterocycles. The van der Waals surface area contributed by atoms with Gasteiger partial charge in [-0.15, -0.1) is 11.8 Å². The number of carbonyl (C=O) groups is 2. The maximum atomic E-state index is 14.5. The first-order valence-corrected chi connectivity index (χ1v) is 11.6. The van der Waals surface area contributed by atoms with Gasteiger partial charge in [0.25, 0.3) is 5.91 Å². The van der Waals surface area contributed by atoms with Gasteiger partial charge in [-0.05, 0) is 59.2 Å². The zero-order valence-electron chi connectivity index (χ0n) is 17.9. The molecule has 0 aliphatic carbocycles. The van der Waals surface area contributed by atoms with Crippen molar-refractivity contribution in [3.63, 3.8) is 0 Å². The van der Waals surface area contributed by atoms with Crippen LogP contribution in [-0.4, -0.2) is 17.6 Å². The maximum absolute atomic E-state index is 14.5. The highest BCUT2D eigenvalue weighted by molar-refractivity contribution is 8.00. The van der Waals surface area contributed by atoms with E-state index in [2.05, 4.69) is 5.32 Å². The predicted molar refractivity (Wildman–Crippen MR) is 132 cm³/mol. The lowest BCUT2D eigenvalue weighted by Gasteiger charge is -2.25. The number of aryl methyl sites for hydroxylation is 1. The van der Waals surface area contributed by atoms with E-state index in [-0.39, 0.29) is 22.9 Å². The summed E-state index contributed by atoms with van der Waals surface area (Å²) >= 11 is 1.46. The highest BCUT2D eigenvalue weighted by atomic mass is 32.2. The molecule has 5 rings (SSSR count). The van der Waals surface area contributed by atoms with Crippen LogP contribution in [0.2, 0.25) is 0 Å². The Morgan fingerprint density at radius 2 is 1.76 bits per heavy atom. The molecule has 1 aliphatic rings. The molecule has 1 aliphatic heterocycles. The topological polar surface area (TPSA) is 49.4 Å². The lowest BCUT2D eigenvalue weighted by Crippen LogP contribution is -2.28. The number of hydrogen-bond donors (Lipinski definition) is 1. The van der Waals surface area contributed by atoms with Crippen LogP contribution in [0.3, 0.4) is 0 Å². The minimum absolute atomic E-state index is 0.122. The number of amides is 2. The van der Waals surface area contributed by atoms with Crippen molar-refractivity contribution in [1.82, 2.24) is 0 Å². The fraction of sp³-hybridized carbons (Fsp3) is 0.111. The van der Waals surface area contributed by atoms with E-state index in [9.17, 15) is 14.0 Å². The fourth-order valence-electron chi connectivity index (χ4n) is 4.09. The average Bonchev–Trinajstić information content (AvgIpc) is 3.21. The molecule has 1 fully saturated rings. The van der Waals surface area contributed by atoms with Gasteiger partial charge >= 0.3 is 0 Å². The van der Waals surface area contributed by atoms with Crippen molar-refractivity contribution in [2.45, 2.75) is 12.3 Å². The molecule has 4 aromatic carbocycles. The van der Waals surface area contributed by atoms with Crippen molar-refractivity contribution in [3.05, 3.63) is 107 Å². The van der Waals surface area contributed by atoms with Gasteiger partial charge in [0, 0.05) is 11.3 Å². The van der Waals surface area contributed by atoms with Crippen LogP contribution in [-0.2, 0) is 4.79 Å². The SMILES string of the molecule is Cc1ccc(F)c(N2C(=O)CSC2c2ccc(NC(=O)c3cccc4ccccc34)cc2)c1. The molecule has 33 heavy (non-hydrogen) atoms. The van der Waals surface area contributed by atoms with E-state index >= 15 is 0 Å². The highest BCUT2D eigenvalue weighted by Crippen LogP contribution is 2.43. The first kappa shape index (κ1) is 21.2. The van der Waals surface area contributed by atoms with Crippen molar-refractivity contribution in [3.8, 4) is 0 Å². The Morgan fingerprint density at radius 1 is 1.00 bits per heavy atom. The number of nitrogens with one attached hydrogen (secondary N) is 1. The zero-order valence-corrected chi connectivity index (χ0v) is 18.7. The summed E-state index contributed by atoms with van der Waals surface area (Å²) in [5.41, 5.74) is 3.31. The molecule has 4 aromatic rings. The van der Waals surface area contributed by atoms with Gasteiger partial charge in [-0.25, -0.2) is 4.39 Å². The quantitative estimate of drug-likeness (QED) is 0.391. The Hall–Kier alpha value is -3.64. The fourth-order valence-corrected chi connectivity index (χ4v) is 5.26. The van der Waals surface area contributed by atoms with Gasteiger partial charge < -0.3 is 5.32 Å². The number of benzene rings is 4. The predicted octanol–water partition coefficient (Wildman–Crippen LogP) is 6.32. The van der Waals surface area contributed by atoms with E-state index in [4.69, 9.17) is 0 Å². The van der Waals surface area contributed by atoms with Crippen molar-refractivity contribution < 1.29 is 14.0 Å². The van der Waals surface area contributed by atoms with E-state index in [1.54, 1.807) is 18.2 Å². The summed E-state index contributed by atoms with van der Waals surface area (Å²) < 4.78 is 14.5. The average molecular weight is 457 g/mol. The molecule has 0 saturated carbocycles. The van der Waals surface area contributed by atoms with Crippen molar-refractivity contribution >= 4 is 45.7 Å². The number of carbonyl (C=O) groups excluding carboxylic acids is 2. The van der Waals surface area contributed by atoms with E-state index in [1.807, 2.05) is 67.6 Å². The Balaban J connectivity index is 1.38. The first-order chi connectivity index (χ1) is 16.0. The third-order valence-corrected chi connectivity index (χ3v) is 6.93. The van der Waals surface area contributed by atoms with Crippen LogP contribution >= 0.6 is 11.8 Å². The third-order valence-electron chi connectivity index (χ3n) is 5.72. The zero-order chi connectivity index (χ0) is 22.9. The maximum Gasteiger partial charge on any atom is 0.256 e. The molecule has 1 N–H and O–H groups in total. The summed E-state index contributed by atoms with van der Waals surface area (Å²) in [6.07, 6.45) is 0. The highest BCUT2D eigenvalue weighted by Gasteiger charge is 2.35. The first-order valence-electron chi connectivity index (χ1n) is 10.6. The van der Waals surface area contributed by atoms with Gasteiger partial charge in [0.15, 0.2) is 0 Å². The van der Waals surface area contributed by atoms with Gasteiger partial charge in [-0.2, -0.15) is 0 Å². The molecule has 164 valence electrons. The third kappa shape index (κ3) is 4.10. The monoisotopic (exact) mass is 456 g/mol. The normalized spacial score (nSPS) is 15.8. The molecular weight excluding hydrogens is 435 g/mol. The number of thioether (sulfide) groups is 1. The molecule has 1 atom stereocenters. The lowest BCUT2D eigenvalue weighted by atomic mass is 10.0. The summed E-state index contributed by atoms with van der Waals surface area (Å²) in [6.45, 7) is 1.87. The van der Waals surface area contributed by atoms with E-state index < -0.39 is 5.82 Å². The molecule has 6 heteroatoms. The molecule has 1 saturated heterocycles. The molecule has 1 unspecified atom stereocenters. The van der Waals surface area contributed by atoms with Crippen LogP contribution in [0, 0.1) is 12.7 Å². The Bertz CT molecular complexity index is 1370. The van der Waals surface area contributed by atoms with Crippen LogP contribution in [0.5, 0.6) is 0 Å². The van der Waals surface area contributed by atoms with E-state index in [1.165, 1.54) is 22.7 Å². The van der Waals surface area contributed by atoms with E-state index in [0.717, 1.165) is 21.9 Å². The molecular formula is C27H21FN2O2S. The Kier molecular flexibility index (Phi) is 5.60. The summed E-state index contributed by atoms with van der Waals surface area (Å²) in [6, 6.07) is 25.6. The van der Waals surface area contributed by atoms with Gasteiger partial charge in [0.2, 0.25) is 5.91 Å². The van der Waals surface area contributed by atoms with Crippen LogP contribution in [0.25, 0.3) is 10.8 Å². The van der Waals surface area contributed by atoms with Gasteiger partial charge in [0.1, 0.15) is 11.2 Å². The van der Waals surface area contributed by atoms with E-state index in [0.29, 0.717) is 16.9 Å². The summed E-state index contributed by atoms with van der Waals surface area (Å²) in [4.78, 5) is 27.0. The summed E-state index contributed by atoms with van der Waals surface area (Å²) in [5, 5.41) is 4.53. The van der Waals surface area contributed by atoms with Crippen LogP contribution in [0.4, 0.5) is 15.8 Å². The largest absolute Gasteiger partial charge is 0.322 e. The summed E-state index contributed by atoms with van der Waals surface area (Å²) in [5.74, 6) is -0.436. The number of nitrogens with zero attached hydrogens (tertiary/aromatic N) is 1. The van der Waals surface area contributed by atoms with Crippen molar-refractivity contribution in [2.75, 3.05) is 16.0 Å². The second kappa shape index (κ2) is 8.71. The van der Waals surface area contributed by atoms with Gasteiger partial charge in [-0.3, -0.25) is 14.5 Å². The Labute approximate surface area is 195 Å². The van der Waals surface area contributed by atoms with Gasteiger partial charge in [0.05, 0.1) is 11.4 Å². The number of halogens is 1. The number of fused-ring (bicyclic) bond motifs is 1. The number of rotatable bonds is 4. The minimum Gasteiger partial charge on any atom is -0.322 e. The molecule has 0 spiro atoms. The Morgan fingerprint density at radius 3 is 2.58 bits per heavy atom. The van der Waals surface area contributed by atoms with Crippen molar-refractivity contribution in [2.24, 2.45) is 0 Å². The van der Waals surface area contributed by atoms with Gasteiger partial charge in [-0.1, -0.05) is 54.6 Å². The summed E-state index contributed by atoms with van der Waals surface area (Å²) in [7, 11) is 0. The second-order valence-electron chi connectivity index (χ2n) is 7.98.